The third-order valence-corrected chi connectivity index (χ3v) is 3.17. The van der Waals surface area contributed by atoms with E-state index in [0.717, 1.165) is 23.4 Å². The maximum absolute atomic E-state index is 5.98. The van der Waals surface area contributed by atoms with E-state index < -0.39 is 0 Å². The monoisotopic (exact) mass is 287 g/mol. The summed E-state index contributed by atoms with van der Waals surface area (Å²) in [7, 11) is 0. The van der Waals surface area contributed by atoms with Gasteiger partial charge in [-0.25, -0.2) is 15.8 Å². The van der Waals surface area contributed by atoms with Crippen molar-refractivity contribution in [2.75, 3.05) is 5.43 Å². The van der Waals surface area contributed by atoms with Crippen LogP contribution in [0.15, 0.2) is 18.5 Å². The molecule has 6 nitrogen and oxygen atoms in total. The molecular formula is C15H21N5O. The van der Waals surface area contributed by atoms with E-state index >= 15 is 0 Å². The lowest BCUT2D eigenvalue weighted by Crippen LogP contribution is -2.13. The number of pyridine rings is 1. The van der Waals surface area contributed by atoms with Crippen molar-refractivity contribution in [1.29, 1.82) is 0 Å². The molecule has 0 unspecified atom stereocenters. The van der Waals surface area contributed by atoms with Gasteiger partial charge in [-0.2, -0.15) is 0 Å². The van der Waals surface area contributed by atoms with Gasteiger partial charge in [0.2, 0.25) is 5.88 Å². The van der Waals surface area contributed by atoms with Gasteiger partial charge in [-0.1, -0.05) is 20.8 Å². The highest BCUT2D eigenvalue weighted by Crippen LogP contribution is 2.33. The molecule has 0 amide bonds. The Bertz CT molecular complexity index is 627. The van der Waals surface area contributed by atoms with E-state index in [2.05, 4.69) is 20.4 Å². The van der Waals surface area contributed by atoms with Crippen molar-refractivity contribution in [1.82, 2.24) is 15.0 Å². The number of ether oxygens (including phenoxy) is 1. The first-order valence-corrected chi connectivity index (χ1v) is 7.02. The standard InChI is InChI=1S/C15H21N5O/c1-5-11-12(7-6-10(4)19-11)21-15-13(9(2)3)14(20-16)17-8-18-15/h6-9H,5,16H2,1-4H3,(H,17,18,20). The number of aromatic nitrogens is 3. The van der Waals surface area contributed by atoms with E-state index in [1.54, 1.807) is 0 Å². The van der Waals surface area contributed by atoms with Crippen molar-refractivity contribution in [3.8, 4) is 11.6 Å². The predicted molar refractivity (Wildman–Crippen MR) is 82.4 cm³/mol. The quantitative estimate of drug-likeness (QED) is 0.649. The van der Waals surface area contributed by atoms with Crippen molar-refractivity contribution in [3.05, 3.63) is 35.4 Å². The summed E-state index contributed by atoms with van der Waals surface area (Å²) in [6.45, 7) is 8.09. The first kappa shape index (κ1) is 15.2. The Morgan fingerprint density at radius 2 is 2.05 bits per heavy atom. The zero-order chi connectivity index (χ0) is 15.4. The Morgan fingerprint density at radius 3 is 2.67 bits per heavy atom. The number of rotatable bonds is 5. The number of nitrogens with two attached hydrogens (primary N) is 1. The Labute approximate surface area is 124 Å². The molecule has 0 aliphatic rings. The van der Waals surface area contributed by atoms with Gasteiger partial charge in [0.25, 0.3) is 0 Å². The number of hydrogen-bond donors (Lipinski definition) is 2. The zero-order valence-electron chi connectivity index (χ0n) is 12.8. The molecule has 0 radical (unpaired) electrons. The maximum atomic E-state index is 5.98. The Hall–Kier alpha value is -2.21. The average Bonchev–Trinajstić information content (AvgIpc) is 2.48. The van der Waals surface area contributed by atoms with E-state index in [1.807, 2.05) is 39.8 Å². The molecule has 0 saturated heterocycles. The minimum Gasteiger partial charge on any atom is -0.437 e. The molecule has 6 heteroatoms. The Morgan fingerprint density at radius 1 is 1.29 bits per heavy atom. The SMILES string of the molecule is CCc1nc(C)ccc1Oc1ncnc(NN)c1C(C)C. The van der Waals surface area contributed by atoms with E-state index in [4.69, 9.17) is 10.6 Å². The molecule has 0 saturated carbocycles. The molecule has 0 aromatic carbocycles. The minimum absolute atomic E-state index is 0.177. The molecule has 0 aliphatic heterocycles. The van der Waals surface area contributed by atoms with Crippen molar-refractivity contribution in [2.24, 2.45) is 5.84 Å². The highest BCUT2D eigenvalue weighted by Gasteiger charge is 2.17. The average molecular weight is 287 g/mol. The highest BCUT2D eigenvalue weighted by molar-refractivity contribution is 5.51. The lowest BCUT2D eigenvalue weighted by molar-refractivity contribution is 0.443. The molecule has 112 valence electrons. The zero-order valence-corrected chi connectivity index (χ0v) is 12.8. The van der Waals surface area contributed by atoms with Gasteiger partial charge in [-0.05, 0) is 31.4 Å². The molecule has 0 aliphatic carbocycles. The van der Waals surface area contributed by atoms with Crippen LogP contribution in [-0.4, -0.2) is 15.0 Å². The van der Waals surface area contributed by atoms with Crippen molar-refractivity contribution in [3.63, 3.8) is 0 Å². The summed E-state index contributed by atoms with van der Waals surface area (Å²) in [5, 5.41) is 0. The third kappa shape index (κ3) is 3.28. The predicted octanol–water partition coefficient (Wildman–Crippen LogP) is 2.94. The van der Waals surface area contributed by atoms with Crippen LogP contribution in [0.25, 0.3) is 0 Å². The number of hydrazine groups is 1. The second-order valence-corrected chi connectivity index (χ2v) is 5.09. The summed E-state index contributed by atoms with van der Waals surface area (Å²) < 4.78 is 5.98. The van der Waals surface area contributed by atoms with Crippen LogP contribution in [0.5, 0.6) is 11.6 Å². The molecule has 2 rings (SSSR count). The molecule has 3 N–H and O–H groups in total. The van der Waals surface area contributed by atoms with E-state index in [0.29, 0.717) is 17.4 Å². The van der Waals surface area contributed by atoms with Crippen molar-refractivity contribution < 1.29 is 4.74 Å². The molecule has 0 spiro atoms. The summed E-state index contributed by atoms with van der Waals surface area (Å²) >= 11 is 0. The van der Waals surface area contributed by atoms with E-state index in [-0.39, 0.29) is 5.92 Å². The number of nitrogens with zero attached hydrogens (tertiary/aromatic N) is 3. The summed E-state index contributed by atoms with van der Waals surface area (Å²) in [6, 6.07) is 3.84. The number of hydrogen-bond acceptors (Lipinski definition) is 6. The fraction of sp³-hybridized carbons (Fsp3) is 0.400. The van der Waals surface area contributed by atoms with Crippen molar-refractivity contribution >= 4 is 5.82 Å². The Kier molecular flexibility index (Phi) is 4.70. The highest BCUT2D eigenvalue weighted by atomic mass is 16.5. The summed E-state index contributed by atoms with van der Waals surface area (Å²) in [6.07, 6.45) is 2.23. The van der Waals surface area contributed by atoms with Gasteiger partial charge in [0, 0.05) is 5.69 Å². The maximum Gasteiger partial charge on any atom is 0.228 e. The van der Waals surface area contributed by atoms with Gasteiger partial charge in [-0.3, -0.25) is 4.98 Å². The molecule has 21 heavy (non-hydrogen) atoms. The van der Waals surface area contributed by atoms with E-state index in [1.165, 1.54) is 6.33 Å². The lowest BCUT2D eigenvalue weighted by Gasteiger charge is -2.16. The second kappa shape index (κ2) is 6.49. The van der Waals surface area contributed by atoms with Gasteiger partial charge in [0.15, 0.2) is 11.6 Å². The smallest absolute Gasteiger partial charge is 0.228 e. The molecule has 0 bridgehead atoms. The van der Waals surface area contributed by atoms with Gasteiger partial charge in [0.05, 0.1) is 11.3 Å². The first-order valence-electron chi connectivity index (χ1n) is 7.02. The summed E-state index contributed by atoms with van der Waals surface area (Å²) in [5.74, 6) is 7.49. The molecular weight excluding hydrogens is 266 g/mol. The lowest BCUT2D eigenvalue weighted by atomic mass is 10.1. The van der Waals surface area contributed by atoms with Gasteiger partial charge < -0.3 is 10.2 Å². The van der Waals surface area contributed by atoms with Crippen LogP contribution in [0.4, 0.5) is 5.82 Å². The molecule has 2 aromatic heterocycles. The van der Waals surface area contributed by atoms with Gasteiger partial charge >= 0.3 is 0 Å². The van der Waals surface area contributed by atoms with Crippen LogP contribution < -0.4 is 16.0 Å². The van der Waals surface area contributed by atoms with Crippen LogP contribution in [0, 0.1) is 6.92 Å². The fourth-order valence-electron chi connectivity index (χ4n) is 2.14. The normalized spacial score (nSPS) is 10.8. The fourth-order valence-corrected chi connectivity index (χ4v) is 2.14. The van der Waals surface area contributed by atoms with Crippen LogP contribution in [0.1, 0.15) is 43.6 Å². The van der Waals surface area contributed by atoms with Crippen molar-refractivity contribution in [2.45, 2.75) is 40.0 Å². The molecule has 0 fully saturated rings. The summed E-state index contributed by atoms with van der Waals surface area (Å²) in [5.41, 5.74) is 5.32. The number of nitrogens with one attached hydrogen (secondary N) is 1. The van der Waals surface area contributed by atoms with Gasteiger partial charge in [-0.15, -0.1) is 0 Å². The largest absolute Gasteiger partial charge is 0.437 e. The molecule has 0 atom stereocenters. The number of aryl methyl sites for hydroxylation is 2. The number of anilines is 1. The third-order valence-electron chi connectivity index (χ3n) is 3.17. The molecule has 2 heterocycles. The van der Waals surface area contributed by atoms with Crippen LogP contribution in [0.2, 0.25) is 0 Å². The van der Waals surface area contributed by atoms with E-state index in [9.17, 15) is 0 Å². The minimum atomic E-state index is 0.177. The van der Waals surface area contributed by atoms with Crippen LogP contribution >= 0.6 is 0 Å². The van der Waals surface area contributed by atoms with Gasteiger partial charge in [0.1, 0.15) is 6.33 Å². The topological polar surface area (TPSA) is 86.0 Å². The Balaban J connectivity index is 2.44. The second-order valence-electron chi connectivity index (χ2n) is 5.09. The molecule has 2 aromatic rings. The first-order chi connectivity index (χ1) is 10.1. The van der Waals surface area contributed by atoms with Crippen LogP contribution in [0.3, 0.4) is 0 Å². The number of nitrogen functional groups attached to an aromatic ring is 1. The summed E-state index contributed by atoms with van der Waals surface area (Å²) in [4.78, 5) is 12.9. The van der Waals surface area contributed by atoms with Crippen LogP contribution in [-0.2, 0) is 6.42 Å².